The van der Waals surface area contributed by atoms with E-state index in [1.54, 1.807) is 40.7 Å². The molecule has 4 N–H and O–H groups in total. The summed E-state index contributed by atoms with van der Waals surface area (Å²) in [6.45, 7) is 19.8. The minimum absolute atomic E-state index is 0.0374. The normalized spacial score (nSPS) is 29.3. The molecule has 2 heterocycles. The number of likely N-dealkylation sites (N-methyl/N-ethyl adjacent to an activating group) is 3. The maximum absolute atomic E-state index is 14.2. The standard InChI is InChI=1S/C40H69N7O8/c1-14-24(7)21-28-39(54)44(11)27(10)38(53)47-19-17-16-18-29(47)34(49)43-32(33(48)23(5)6)36(51)42-31(25(8)15-2)40(55)45(12)26(9)37(52)46(13)30(20-22(3)4)35(50)41-28/h14,22-33,48H,1,15-21H2,2-13H3,(H,41,50)(H,42,51)(H,43,49)/t24-,25-,26-,27-,28-,29+,30-,31+,32+,33+/m0/s1. The second-order valence-electron chi connectivity index (χ2n) is 16.5. The summed E-state index contributed by atoms with van der Waals surface area (Å²) < 4.78 is 0. The van der Waals surface area contributed by atoms with Crippen LogP contribution in [0.2, 0.25) is 0 Å². The van der Waals surface area contributed by atoms with Crippen LogP contribution in [-0.4, -0.2) is 142 Å². The van der Waals surface area contributed by atoms with Crippen molar-refractivity contribution in [1.82, 2.24) is 35.6 Å². The summed E-state index contributed by atoms with van der Waals surface area (Å²) in [5.74, 6) is -5.25. The Bertz CT molecular complexity index is 1400. The van der Waals surface area contributed by atoms with E-state index in [1.807, 2.05) is 27.7 Å². The smallest absolute Gasteiger partial charge is 0.245 e. The van der Waals surface area contributed by atoms with E-state index in [4.69, 9.17) is 0 Å². The third kappa shape index (κ3) is 11.7. The van der Waals surface area contributed by atoms with E-state index in [0.717, 1.165) is 0 Å². The Labute approximate surface area is 328 Å². The first-order valence-electron chi connectivity index (χ1n) is 19.9. The van der Waals surface area contributed by atoms with Gasteiger partial charge in [-0.15, -0.1) is 6.58 Å². The number of amides is 7. The van der Waals surface area contributed by atoms with Crippen LogP contribution < -0.4 is 16.0 Å². The maximum Gasteiger partial charge on any atom is 0.245 e. The average Bonchev–Trinajstić information content (AvgIpc) is 3.16. The van der Waals surface area contributed by atoms with Crippen LogP contribution in [0.25, 0.3) is 0 Å². The van der Waals surface area contributed by atoms with Crippen molar-refractivity contribution < 1.29 is 38.7 Å². The van der Waals surface area contributed by atoms with Gasteiger partial charge in [0.1, 0.15) is 42.3 Å². The number of nitrogens with zero attached hydrogens (tertiary/aromatic N) is 4. The van der Waals surface area contributed by atoms with Gasteiger partial charge in [0.25, 0.3) is 0 Å². The number of hydrogen-bond donors (Lipinski definition) is 4. The zero-order valence-corrected chi connectivity index (χ0v) is 35.3. The first kappa shape index (κ1) is 47.1. The van der Waals surface area contributed by atoms with Crippen LogP contribution in [0, 0.1) is 23.7 Å². The third-order valence-corrected chi connectivity index (χ3v) is 11.5. The predicted molar refractivity (Wildman–Crippen MR) is 210 cm³/mol. The number of allylic oxidation sites excluding steroid dienone is 1. The summed E-state index contributed by atoms with van der Waals surface area (Å²) >= 11 is 0. The van der Waals surface area contributed by atoms with Gasteiger partial charge in [0.15, 0.2) is 0 Å². The van der Waals surface area contributed by atoms with Crippen molar-refractivity contribution in [1.29, 1.82) is 0 Å². The summed E-state index contributed by atoms with van der Waals surface area (Å²) in [6.07, 6.45) is 2.75. The first-order chi connectivity index (χ1) is 25.6. The van der Waals surface area contributed by atoms with Crippen LogP contribution in [0.3, 0.4) is 0 Å². The zero-order valence-electron chi connectivity index (χ0n) is 35.3. The van der Waals surface area contributed by atoms with Gasteiger partial charge in [0.2, 0.25) is 41.4 Å². The molecule has 15 nitrogen and oxygen atoms in total. The molecular formula is C40H69N7O8. The second-order valence-corrected chi connectivity index (χ2v) is 16.5. The number of fused-ring (bicyclic) bond motifs is 1. The Balaban J connectivity index is 2.80. The molecule has 0 spiro atoms. The van der Waals surface area contributed by atoms with Gasteiger partial charge in [-0.1, -0.05) is 61.0 Å². The number of aliphatic hydroxyl groups is 1. The molecule has 0 aromatic heterocycles. The highest BCUT2D eigenvalue weighted by Crippen LogP contribution is 2.23. The van der Waals surface area contributed by atoms with Crippen molar-refractivity contribution in [3.05, 3.63) is 12.7 Å². The molecule has 2 aliphatic rings. The quantitative estimate of drug-likeness (QED) is 0.255. The van der Waals surface area contributed by atoms with Gasteiger partial charge in [-0.3, -0.25) is 33.6 Å². The van der Waals surface area contributed by atoms with Crippen molar-refractivity contribution in [3.63, 3.8) is 0 Å². The Morgan fingerprint density at radius 3 is 1.84 bits per heavy atom. The topological polar surface area (TPSA) is 189 Å². The highest BCUT2D eigenvalue weighted by Gasteiger charge is 2.43. The van der Waals surface area contributed by atoms with Crippen LogP contribution in [-0.2, 0) is 33.6 Å². The molecule has 0 aromatic rings. The highest BCUT2D eigenvalue weighted by molar-refractivity contribution is 5.98. The first-order valence-corrected chi connectivity index (χ1v) is 19.9. The van der Waals surface area contributed by atoms with E-state index in [9.17, 15) is 38.7 Å². The second kappa shape index (κ2) is 20.8. The molecule has 0 aromatic carbocycles. The minimum Gasteiger partial charge on any atom is -0.390 e. The summed E-state index contributed by atoms with van der Waals surface area (Å²) in [5, 5.41) is 19.6. The number of rotatable bonds is 9. The molecule has 7 amide bonds. The maximum atomic E-state index is 14.2. The fourth-order valence-electron chi connectivity index (χ4n) is 7.05. The molecule has 2 saturated heterocycles. The van der Waals surface area contributed by atoms with Gasteiger partial charge < -0.3 is 40.7 Å². The molecule has 2 aliphatic heterocycles. The lowest BCUT2D eigenvalue weighted by atomic mass is 9.94. The molecule has 15 heteroatoms. The summed E-state index contributed by atoms with van der Waals surface area (Å²) in [6, 6.07) is -7.80. The van der Waals surface area contributed by atoms with Gasteiger partial charge >= 0.3 is 0 Å². The molecule has 55 heavy (non-hydrogen) atoms. The lowest BCUT2D eigenvalue weighted by Gasteiger charge is -2.39. The summed E-state index contributed by atoms with van der Waals surface area (Å²) in [7, 11) is 4.41. The lowest BCUT2D eigenvalue weighted by molar-refractivity contribution is -0.151. The van der Waals surface area contributed by atoms with E-state index in [2.05, 4.69) is 22.5 Å². The molecule has 2 rings (SSSR count). The average molecular weight is 776 g/mol. The highest BCUT2D eigenvalue weighted by atomic mass is 16.3. The van der Waals surface area contributed by atoms with Gasteiger partial charge in [-0.2, -0.15) is 0 Å². The molecule has 0 bridgehead atoms. The fraction of sp³-hybridized carbons (Fsp3) is 0.775. The molecule has 10 atom stereocenters. The largest absolute Gasteiger partial charge is 0.390 e. The molecule has 0 unspecified atom stereocenters. The van der Waals surface area contributed by atoms with Crippen molar-refractivity contribution in [2.45, 2.75) is 149 Å². The Kier molecular flexibility index (Phi) is 17.8. The Hall–Kier alpha value is -4.01. The number of piperidine rings is 1. The fourth-order valence-corrected chi connectivity index (χ4v) is 7.05. The molecule has 312 valence electrons. The van der Waals surface area contributed by atoms with E-state index in [-0.39, 0.29) is 31.2 Å². The van der Waals surface area contributed by atoms with Crippen molar-refractivity contribution in [2.24, 2.45) is 23.7 Å². The van der Waals surface area contributed by atoms with Gasteiger partial charge in [0, 0.05) is 27.7 Å². The predicted octanol–water partition coefficient (Wildman–Crippen LogP) is 1.68. The van der Waals surface area contributed by atoms with Crippen LogP contribution in [0.5, 0.6) is 0 Å². The zero-order chi connectivity index (χ0) is 42.1. The monoisotopic (exact) mass is 776 g/mol. The van der Waals surface area contributed by atoms with Crippen LogP contribution in [0.1, 0.15) is 101 Å². The van der Waals surface area contributed by atoms with Crippen molar-refractivity contribution >= 4 is 41.4 Å². The third-order valence-electron chi connectivity index (χ3n) is 11.5. The number of nitrogens with one attached hydrogen (secondary N) is 3. The minimum atomic E-state index is -1.47. The number of carbonyl (C=O) groups excluding carboxylic acids is 7. The van der Waals surface area contributed by atoms with Crippen LogP contribution in [0.4, 0.5) is 0 Å². The van der Waals surface area contributed by atoms with E-state index in [1.165, 1.54) is 40.7 Å². The Morgan fingerprint density at radius 1 is 0.727 bits per heavy atom. The SMILES string of the molecule is C=C[C@H](C)C[C@@H]1NC(=O)[C@H](CC(C)C)N(C)C(=O)[C@H](C)N(C)C(=O)[C@@H]([C@@H](C)CC)NC(=O)[C@@H]([C@H](O)C(C)C)NC(=O)[C@H]2CCCCN2C(=O)[C@H](C)N(C)C1=O. The molecule has 0 aliphatic carbocycles. The molecule has 0 radical (unpaired) electrons. The van der Waals surface area contributed by atoms with Gasteiger partial charge in [0.05, 0.1) is 6.10 Å². The van der Waals surface area contributed by atoms with Crippen molar-refractivity contribution in [3.8, 4) is 0 Å². The summed E-state index contributed by atoms with van der Waals surface area (Å²) in [5.41, 5.74) is 0. The van der Waals surface area contributed by atoms with E-state index < -0.39 is 102 Å². The summed E-state index contributed by atoms with van der Waals surface area (Å²) in [4.78, 5) is 104. The molecular weight excluding hydrogens is 706 g/mol. The molecule has 0 saturated carbocycles. The number of carbonyl (C=O) groups is 7. The van der Waals surface area contributed by atoms with E-state index in [0.29, 0.717) is 25.7 Å². The lowest BCUT2D eigenvalue weighted by Crippen LogP contribution is -2.64. The van der Waals surface area contributed by atoms with Crippen molar-refractivity contribution in [2.75, 3.05) is 27.7 Å². The van der Waals surface area contributed by atoms with Gasteiger partial charge in [-0.25, -0.2) is 0 Å². The van der Waals surface area contributed by atoms with Crippen LogP contribution in [0.15, 0.2) is 12.7 Å². The van der Waals surface area contributed by atoms with Gasteiger partial charge in [-0.05, 0) is 69.6 Å². The number of aliphatic hydroxyl groups excluding tert-OH is 1. The molecule has 2 fully saturated rings. The van der Waals surface area contributed by atoms with E-state index >= 15 is 0 Å². The Morgan fingerprint density at radius 2 is 1.29 bits per heavy atom. The number of hydrogen-bond acceptors (Lipinski definition) is 8. The van der Waals surface area contributed by atoms with Crippen LogP contribution >= 0.6 is 0 Å².